The summed E-state index contributed by atoms with van der Waals surface area (Å²) in [6, 6.07) is 0. The number of hydrogen-bond donors (Lipinski definition) is 7. The molecule has 0 radical (unpaired) electrons. The maximum absolute atomic E-state index is 13.0. The number of ether oxygens (including phenoxy) is 6. The zero-order valence-electron chi connectivity index (χ0n) is 44.0. The first-order valence-electron chi connectivity index (χ1n) is 28.1. The highest BCUT2D eigenvalue weighted by Gasteiger charge is 2.47. The van der Waals surface area contributed by atoms with E-state index in [-0.39, 0.29) is 26.1 Å². The number of rotatable bonds is 44. The van der Waals surface area contributed by atoms with Crippen LogP contribution >= 0.6 is 0 Å². The number of esters is 2. The van der Waals surface area contributed by atoms with Gasteiger partial charge in [-0.3, -0.25) is 9.59 Å². The summed E-state index contributed by atoms with van der Waals surface area (Å²) in [5.41, 5.74) is 0. The lowest BCUT2D eigenvalue weighted by atomic mass is 9.98. The van der Waals surface area contributed by atoms with Gasteiger partial charge >= 0.3 is 11.9 Å². The van der Waals surface area contributed by atoms with E-state index in [4.69, 9.17) is 28.4 Å². The summed E-state index contributed by atoms with van der Waals surface area (Å²) < 4.78 is 33.7. The van der Waals surface area contributed by atoms with Crippen LogP contribution < -0.4 is 0 Å². The van der Waals surface area contributed by atoms with E-state index in [0.29, 0.717) is 12.8 Å². The van der Waals surface area contributed by atoms with Crippen LogP contribution in [0.25, 0.3) is 0 Å². The lowest BCUT2D eigenvalue weighted by molar-refractivity contribution is -0.332. The molecule has 2 aliphatic heterocycles. The molecule has 414 valence electrons. The molecule has 11 atom stereocenters. The van der Waals surface area contributed by atoms with E-state index >= 15 is 0 Å². The van der Waals surface area contributed by atoms with E-state index in [0.717, 1.165) is 70.6 Å². The van der Waals surface area contributed by atoms with Gasteiger partial charge in [-0.2, -0.15) is 0 Å². The Kier molecular flexibility index (Phi) is 39.3. The molecule has 0 spiro atoms. The highest BCUT2D eigenvalue weighted by atomic mass is 16.7. The Morgan fingerprint density at radius 2 is 0.845 bits per heavy atom. The van der Waals surface area contributed by atoms with E-state index in [1.54, 1.807) is 0 Å². The standard InChI is InChI=1S/C56H100O15/c1-3-5-7-9-11-13-15-17-19-21-22-23-25-27-29-31-33-35-37-39-48(59)69-44(41-66-47(58)38-36-34-32-30-28-26-24-20-18-16-14-12-10-8-6-4-2)42-67-55-54(65)52(63)50(61)46(71-55)43-68-56-53(64)51(62)49(60)45(40-57)70-56/h11,13,17,19,22-23,44-46,49-57,60-65H,3-10,12,14-16,18,20-21,24-43H2,1-2H3/b13-11-,19-17-,23-22-. The molecular formula is C56H100O15. The molecule has 2 saturated heterocycles. The van der Waals surface area contributed by atoms with Crippen molar-refractivity contribution >= 4 is 11.9 Å². The Morgan fingerprint density at radius 3 is 1.35 bits per heavy atom. The molecule has 15 heteroatoms. The van der Waals surface area contributed by atoms with Crippen LogP contribution in [0.3, 0.4) is 0 Å². The Labute approximate surface area is 427 Å². The number of allylic oxidation sites excluding steroid dienone is 6. The van der Waals surface area contributed by atoms with Crippen molar-refractivity contribution in [3.63, 3.8) is 0 Å². The fraction of sp³-hybridized carbons (Fsp3) is 0.857. The number of hydrogen-bond acceptors (Lipinski definition) is 15. The average molecular weight is 1010 g/mol. The van der Waals surface area contributed by atoms with Crippen LogP contribution in [-0.4, -0.2) is 142 Å². The zero-order chi connectivity index (χ0) is 51.7. The van der Waals surface area contributed by atoms with Crippen LogP contribution in [0.15, 0.2) is 36.5 Å². The molecular weight excluding hydrogens is 913 g/mol. The maximum atomic E-state index is 13.0. The molecule has 2 rings (SSSR count). The summed E-state index contributed by atoms with van der Waals surface area (Å²) in [6.45, 7) is 2.58. The molecule has 0 aromatic heterocycles. The van der Waals surface area contributed by atoms with Gasteiger partial charge in [0.05, 0.1) is 19.8 Å². The minimum absolute atomic E-state index is 0.152. The van der Waals surface area contributed by atoms with E-state index < -0.39 is 92.7 Å². The second-order valence-corrected chi connectivity index (χ2v) is 19.8. The first-order chi connectivity index (χ1) is 34.5. The summed E-state index contributed by atoms with van der Waals surface area (Å²) in [5.74, 6) is -0.931. The molecule has 7 N–H and O–H groups in total. The number of aliphatic hydroxyl groups excluding tert-OH is 7. The number of carbonyl (C=O) groups is 2. The molecule has 2 aliphatic rings. The number of carbonyl (C=O) groups excluding carboxylic acids is 2. The van der Waals surface area contributed by atoms with Crippen molar-refractivity contribution in [1.29, 1.82) is 0 Å². The summed E-state index contributed by atoms with van der Waals surface area (Å²) in [7, 11) is 0. The van der Waals surface area contributed by atoms with Crippen LogP contribution in [0.2, 0.25) is 0 Å². The Bertz CT molecular complexity index is 1380. The second-order valence-electron chi connectivity index (χ2n) is 19.8. The molecule has 2 fully saturated rings. The molecule has 0 bridgehead atoms. The van der Waals surface area contributed by atoms with Gasteiger partial charge in [0, 0.05) is 12.8 Å². The summed E-state index contributed by atoms with van der Waals surface area (Å²) in [5, 5.41) is 72.2. The van der Waals surface area contributed by atoms with Crippen LogP contribution in [0.4, 0.5) is 0 Å². The van der Waals surface area contributed by atoms with Crippen molar-refractivity contribution in [3.05, 3.63) is 36.5 Å². The molecule has 71 heavy (non-hydrogen) atoms. The summed E-state index contributed by atoms with van der Waals surface area (Å²) in [4.78, 5) is 25.8. The minimum atomic E-state index is -1.77. The number of aliphatic hydroxyl groups is 7. The zero-order valence-corrected chi connectivity index (χ0v) is 44.0. The molecule has 0 aromatic carbocycles. The molecule has 0 aromatic rings. The lowest BCUT2D eigenvalue weighted by Gasteiger charge is -2.42. The Morgan fingerprint density at radius 1 is 0.451 bits per heavy atom. The van der Waals surface area contributed by atoms with Crippen molar-refractivity contribution in [3.8, 4) is 0 Å². The van der Waals surface area contributed by atoms with Gasteiger partial charge < -0.3 is 64.2 Å². The van der Waals surface area contributed by atoms with E-state index in [1.807, 2.05) is 0 Å². The molecule has 0 aliphatic carbocycles. The van der Waals surface area contributed by atoms with Crippen LogP contribution in [0.1, 0.15) is 213 Å². The van der Waals surface area contributed by atoms with Gasteiger partial charge in [-0.1, -0.05) is 185 Å². The van der Waals surface area contributed by atoms with Gasteiger partial charge in [-0.15, -0.1) is 0 Å². The van der Waals surface area contributed by atoms with Gasteiger partial charge in [0.2, 0.25) is 0 Å². The quantitative estimate of drug-likeness (QED) is 0.0172. The Balaban J connectivity index is 1.78. The van der Waals surface area contributed by atoms with E-state index in [9.17, 15) is 45.3 Å². The van der Waals surface area contributed by atoms with Gasteiger partial charge in [0.25, 0.3) is 0 Å². The van der Waals surface area contributed by atoms with Gasteiger partial charge in [-0.05, 0) is 51.4 Å². The fourth-order valence-corrected chi connectivity index (χ4v) is 8.75. The van der Waals surface area contributed by atoms with Crippen molar-refractivity contribution in [1.82, 2.24) is 0 Å². The normalized spacial score (nSPS) is 25.4. The molecule has 0 amide bonds. The molecule has 2 heterocycles. The smallest absolute Gasteiger partial charge is 0.306 e. The van der Waals surface area contributed by atoms with E-state index in [2.05, 4.69) is 50.3 Å². The number of unbranched alkanes of at least 4 members (excludes halogenated alkanes) is 24. The Hall–Kier alpha value is -2.28. The van der Waals surface area contributed by atoms with Crippen LogP contribution in [0.5, 0.6) is 0 Å². The first-order valence-corrected chi connectivity index (χ1v) is 28.1. The highest BCUT2D eigenvalue weighted by molar-refractivity contribution is 5.70. The lowest BCUT2D eigenvalue weighted by Crippen LogP contribution is -2.61. The fourth-order valence-electron chi connectivity index (χ4n) is 8.75. The monoisotopic (exact) mass is 1010 g/mol. The summed E-state index contributed by atoms with van der Waals surface area (Å²) in [6.07, 6.45) is 30.1. The van der Waals surface area contributed by atoms with E-state index in [1.165, 1.54) is 103 Å². The van der Waals surface area contributed by atoms with Gasteiger partial charge in [0.1, 0.15) is 55.4 Å². The third-order valence-corrected chi connectivity index (χ3v) is 13.4. The van der Waals surface area contributed by atoms with Crippen LogP contribution in [0, 0.1) is 0 Å². The SMILES string of the molecule is CCCCC/C=C\C/C=C\C/C=C\CCCCCCCCC(=O)OC(COC(=O)CCCCCCCCCCCCCCCCCC)COC1OC(COC2OC(CO)C(O)C(O)C2O)C(O)C(O)C1O. The van der Waals surface area contributed by atoms with Gasteiger partial charge in [-0.25, -0.2) is 0 Å². The third-order valence-electron chi connectivity index (χ3n) is 13.4. The molecule has 15 nitrogen and oxygen atoms in total. The van der Waals surface area contributed by atoms with Gasteiger partial charge in [0.15, 0.2) is 18.7 Å². The maximum Gasteiger partial charge on any atom is 0.306 e. The predicted octanol–water partition coefficient (Wildman–Crippen LogP) is 8.88. The van der Waals surface area contributed by atoms with Crippen molar-refractivity contribution in [2.45, 2.75) is 280 Å². The first kappa shape index (κ1) is 64.8. The molecule has 0 saturated carbocycles. The largest absolute Gasteiger partial charge is 0.462 e. The average Bonchev–Trinajstić information content (AvgIpc) is 3.36. The second kappa shape index (κ2) is 43.0. The van der Waals surface area contributed by atoms with Crippen LogP contribution in [-0.2, 0) is 38.0 Å². The van der Waals surface area contributed by atoms with Crippen molar-refractivity contribution in [2.75, 3.05) is 26.4 Å². The minimum Gasteiger partial charge on any atom is -0.462 e. The topological polar surface area (TPSA) is 231 Å². The highest BCUT2D eigenvalue weighted by Crippen LogP contribution is 2.27. The van der Waals surface area contributed by atoms with Crippen molar-refractivity contribution < 1.29 is 73.8 Å². The van der Waals surface area contributed by atoms with Crippen molar-refractivity contribution in [2.24, 2.45) is 0 Å². The third kappa shape index (κ3) is 30.6. The predicted molar refractivity (Wildman–Crippen MR) is 275 cm³/mol. The summed E-state index contributed by atoms with van der Waals surface area (Å²) >= 11 is 0. The molecule has 11 unspecified atom stereocenters.